The molecule has 2 heterocycles. The van der Waals surface area contributed by atoms with E-state index in [9.17, 15) is 0 Å². The molecule has 0 aliphatic heterocycles. The molecule has 0 bridgehead atoms. The van der Waals surface area contributed by atoms with E-state index < -0.39 is 0 Å². The highest BCUT2D eigenvalue weighted by atomic mass is 16.5. The quantitative estimate of drug-likeness (QED) is 0.716. The van der Waals surface area contributed by atoms with Crippen LogP contribution in [0.4, 0.5) is 0 Å². The summed E-state index contributed by atoms with van der Waals surface area (Å²) in [6, 6.07) is 4.08. The third-order valence-corrected chi connectivity index (χ3v) is 3.54. The first-order chi connectivity index (χ1) is 9.43. The molecule has 0 spiro atoms. The predicted octanol–water partition coefficient (Wildman–Crippen LogP) is 2.47. The minimum atomic E-state index is 0.867. The molecule has 3 rings (SSSR count). The largest absolute Gasteiger partial charge is 0.381 e. The van der Waals surface area contributed by atoms with Crippen LogP contribution in [-0.2, 0) is 11.3 Å². The van der Waals surface area contributed by atoms with Crippen molar-refractivity contribution >= 4 is 11.0 Å². The lowest BCUT2D eigenvalue weighted by Gasteiger charge is -2.05. The Morgan fingerprint density at radius 2 is 2.37 bits per heavy atom. The zero-order chi connectivity index (χ0) is 12.9. The summed E-state index contributed by atoms with van der Waals surface area (Å²) in [5, 5.41) is 4.66. The zero-order valence-corrected chi connectivity index (χ0v) is 11.2. The Kier molecular flexibility index (Phi) is 4.10. The maximum absolute atomic E-state index is 5.61. The second-order valence-electron chi connectivity index (χ2n) is 5.26. The van der Waals surface area contributed by atoms with Gasteiger partial charge in [0.25, 0.3) is 0 Å². The monoisotopic (exact) mass is 259 g/mol. The lowest BCUT2D eigenvalue weighted by molar-refractivity contribution is 0.122. The number of nitrogens with zero attached hydrogens (tertiary/aromatic N) is 1. The van der Waals surface area contributed by atoms with Crippen LogP contribution in [0.25, 0.3) is 11.0 Å². The molecule has 4 heteroatoms. The SMILES string of the molecule is c1cnc2[nH]cc(CNCCCOCC3CC3)c2c1. The second-order valence-corrected chi connectivity index (χ2v) is 5.26. The molecule has 0 saturated heterocycles. The standard InChI is InChI=1S/C15H21N3O/c1-3-14-13(10-18-15(14)17-7-1)9-16-6-2-8-19-11-12-4-5-12/h1,3,7,10,12,16H,2,4-6,8-9,11H2,(H,17,18). The van der Waals surface area contributed by atoms with E-state index >= 15 is 0 Å². The van der Waals surface area contributed by atoms with Crippen LogP contribution in [0.15, 0.2) is 24.5 Å². The molecule has 2 aromatic rings. The molecule has 1 aliphatic rings. The van der Waals surface area contributed by atoms with Crippen LogP contribution in [0, 0.1) is 5.92 Å². The summed E-state index contributed by atoms with van der Waals surface area (Å²) >= 11 is 0. The summed E-state index contributed by atoms with van der Waals surface area (Å²) < 4.78 is 5.61. The first kappa shape index (κ1) is 12.6. The maximum atomic E-state index is 5.61. The van der Waals surface area contributed by atoms with Gasteiger partial charge in [0.2, 0.25) is 0 Å². The zero-order valence-electron chi connectivity index (χ0n) is 11.2. The molecule has 2 N–H and O–H groups in total. The predicted molar refractivity (Wildman–Crippen MR) is 76.0 cm³/mol. The van der Waals surface area contributed by atoms with Gasteiger partial charge in [0.15, 0.2) is 0 Å². The maximum Gasteiger partial charge on any atom is 0.137 e. The van der Waals surface area contributed by atoms with E-state index in [1.165, 1.54) is 23.8 Å². The minimum absolute atomic E-state index is 0.867. The lowest BCUT2D eigenvalue weighted by Crippen LogP contribution is -2.16. The van der Waals surface area contributed by atoms with Crippen LogP contribution in [0.5, 0.6) is 0 Å². The number of aromatic nitrogens is 2. The first-order valence-corrected chi connectivity index (χ1v) is 7.13. The molecule has 4 nitrogen and oxygen atoms in total. The smallest absolute Gasteiger partial charge is 0.137 e. The molecule has 1 fully saturated rings. The Morgan fingerprint density at radius 3 is 3.26 bits per heavy atom. The minimum Gasteiger partial charge on any atom is -0.381 e. The van der Waals surface area contributed by atoms with Crippen molar-refractivity contribution in [1.82, 2.24) is 15.3 Å². The van der Waals surface area contributed by atoms with Gasteiger partial charge in [-0.15, -0.1) is 0 Å². The number of aromatic amines is 1. The van der Waals surface area contributed by atoms with Gasteiger partial charge in [0, 0.05) is 37.5 Å². The third kappa shape index (κ3) is 3.55. The number of H-pyrrole nitrogens is 1. The van der Waals surface area contributed by atoms with Gasteiger partial charge < -0.3 is 15.0 Å². The normalized spacial score (nSPS) is 15.2. The molecule has 2 aromatic heterocycles. The van der Waals surface area contributed by atoms with Crippen LogP contribution >= 0.6 is 0 Å². The molecule has 0 unspecified atom stereocenters. The number of ether oxygens (including phenoxy) is 1. The molecule has 1 saturated carbocycles. The Hall–Kier alpha value is -1.39. The first-order valence-electron chi connectivity index (χ1n) is 7.13. The molecule has 0 amide bonds. The van der Waals surface area contributed by atoms with Gasteiger partial charge in [0.05, 0.1) is 0 Å². The van der Waals surface area contributed by atoms with Crippen LogP contribution in [-0.4, -0.2) is 29.7 Å². The van der Waals surface area contributed by atoms with Crippen molar-refractivity contribution in [1.29, 1.82) is 0 Å². The third-order valence-electron chi connectivity index (χ3n) is 3.54. The summed E-state index contributed by atoms with van der Waals surface area (Å²) in [5.41, 5.74) is 2.24. The summed E-state index contributed by atoms with van der Waals surface area (Å²) in [7, 11) is 0. The summed E-state index contributed by atoms with van der Waals surface area (Å²) in [6.07, 6.45) is 7.66. The second kappa shape index (κ2) is 6.17. The summed E-state index contributed by atoms with van der Waals surface area (Å²) in [6.45, 7) is 3.72. The Bertz CT molecular complexity index is 519. The van der Waals surface area contributed by atoms with Crippen molar-refractivity contribution in [2.45, 2.75) is 25.8 Å². The number of pyridine rings is 1. The van der Waals surface area contributed by atoms with E-state index in [1.807, 2.05) is 18.5 Å². The molecular weight excluding hydrogens is 238 g/mol. The molecule has 0 atom stereocenters. The number of nitrogens with one attached hydrogen (secondary N) is 2. The summed E-state index contributed by atoms with van der Waals surface area (Å²) in [5.74, 6) is 0.867. The Labute approximate surface area is 113 Å². The van der Waals surface area contributed by atoms with Gasteiger partial charge in [-0.25, -0.2) is 4.98 Å². The van der Waals surface area contributed by atoms with Crippen molar-refractivity contribution in [3.63, 3.8) is 0 Å². The van der Waals surface area contributed by atoms with Crippen molar-refractivity contribution in [2.75, 3.05) is 19.8 Å². The fourth-order valence-corrected chi connectivity index (χ4v) is 2.22. The molecule has 0 radical (unpaired) electrons. The van der Waals surface area contributed by atoms with E-state index in [4.69, 9.17) is 4.74 Å². The van der Waals surface area contributed by atoms with E-state index in [0.717, 1.165) is 44.3 Å². The van der Waals surface area contributed by atoms with Crippen molar-refractivity contribution in [3.8, 4) is 0 Å². The molecule has 1 aliphatic carbocycles. The fraction of sp³-hybridized carbons (Fsp3) is 0.533. The van der Waals surface area contributed by atoms with E-state index in [2.05, 4.69) is 21.4 Å². The fourth-order valence-electron chi connectivity index (χ4n) is 2.22. The Balaban J connectivity index is 1.35. The highest BCUT2D eigenvalue weighted by Crippen LogP contribution is 2.28. The van der Waals surface area contributed by atoms with Crippen molar-refractivity contribution in [3.05, 3.63) is 30.1 Å². The average molecular weight is 259 g/mol. The van der Waals surface area contributed by atoms with Crippen LogP contribution < -0.4 is 5.32 Å². The highest BCUT2D eigenvalue weighted by molar-refractivity contribution is 5.79. The van der Waals surface area contributed by atoms with Gasteiger partial charge in [-0.3, -0.25) is 0 Å². The van der Waals surface area contributed by atoms with Gasteiger partial charge in [-0.05, 0) is 49.4 Å². The van der Waals surface area contributed by atoms with Gasteiger partial charge in [-0.2, -0.15) is 0 Å². The number of hydrogen-bond donors (Lipinski definition) is 2. The molecule has 102 valence electrons. The number of hydrogen-bond acceptors (Lipinski definition) is 3. The van der Waals surface area contributed by atoms with Crippen LogP contribution in [0.2, 0.25) is 0 Å². The Morgan fingerprint density at radius 1 is 1.42 bits per heavy atom. The van der Waals surface area contributed by atoms with Gasteiger partial charge in [0.1, 0.15) is 5.65 Å². The van der Waals surface area contributed by atoms with E-state index in [0.29, 0.717) is 0 Å². The number of rotatable bonds is 8. The van der Waals surface area contributed by atoms with Gasteiger partial charge in [-0.1, -0.05) is 0 Å². The lowest BCUT2D eigenvalue weighted by atomic mass is 10.2. The molecule has 19 heavy (non-hydrogen) atoms. The van der Waals surface area contributed by atoms with Crippen LogP contribution in [0.3, 0.4) is 0 Å². The van der Waals surface area contributed by atoms with Gasteiger partial charge >= 0.3 is 0 Å². The van der Waals surface area contributed by atoms with E-state index in [1.54, 1.807) is 0 Å². The number of fused-ring (bicyclic) bond motifs is 1. The molecular formula is C15H21N3O. The van der Waals surface area contributed by atoms with E-state index in [-0.39, 0.29) is 0 Å². The van der Waals surface area contributed by atoms with Crippen molar-refractivity contribution < 1.29 is 4.74 Å². The summed E-state index contributed by atoms with van der Waals surface area (Å²) in [4.78, 5) is 7.48. The average Bonchev–Trinajstić information content (AvgIpc) is 3.18. The molecule has 0 aromatic carbocycles. The topological polar surface area (TPSA) is 49.9 Å². The highest BCUT2D eigenvalue weighted by Gasteiger charge is 2.20. The van der Waals surface area contributed by atoms with Crippen molar-refractivity contribution in [2.24, 2.45) is 5.92 Å². The van der Waals surface area contributed by atoms with Crippen LogP contribution in [0.1, 0.15) is 24.8 Å².